The molecule has 2 aliphatic heterocycles. The maximum Gasteiger partial charge on any atom is 0.231 e. The molecule has 0 amide bonds. The van der Waals surface area contributed by atoms with Crippen LogP contribution in [0.15, 0.2) is 42.7 Å². The summed E-state index contributed by atoms with van der Waals surface area (Å²) in [6.07, 6.45) is 6.81. The Labute approximate surface area is 170 Å². The fraction of sp³-hybridized carbons (Fsp3) is 0.391. The largest absolute Gasteiger partial charge is 0.454 e. The van der Waals surface area contributed by atoms with E-state index in [2.05, 4.69) is 44.5 Å². The lowest BCUT2D eigenvalue weighted by atomic mass is 10.0. The average Bonchev–Trinajstić information content (AvgIpc) is 3.25. The van der Waals surface area contributed by atoms with Crippen molar-refractivity contribution in [2.45, 2.75) is 25.7 Å². The molecule has 1 N–H and O–H groups in total. The van der Waals surface area contributed by atoms with Crippen LogP contribution < -0.4 is 14.8 Å². The number of rotatable bonds is 6. The van der Waals surface area contributed by atoms with E-state index >= 15 is 0 Å². The molecule has 1 aromatic heterocycles. The zero-order valence-electron chi connectivity index (χ0n) is 16.6. The van der Waals surface area contributed by atoms with E-state index in [9.17, 15) is 0 Å². The Kier molecular flexibility index (Phi) is 5.17. The first-order chi connectivity index (χ1) is 14.4. The van der Waals surface area contributed by atoms with Crippen molar-refractivity contribution in [1.29, 1.82) is 0 Å². The zero-order chi connectivity index (χ0) is 19.5. The molecule has 0 spiro atoms. The molecule has 0 atom stereocenters. The highest BCUT2D eigenvalue weighted by molar-refractivity contribution is 5.92. The first kappa shape index (κ1) is 18.2. The van der Waals surface area contributed by atoms with Gasteiger partial charge in [0.1, 0.15) is 12.1 Å². The van der Waals surface area contributed by atoms with Gasteiger partial charge in [0.2, 0.25) is 6.79 Å². The SMILES string of the molecule is c1nc(NCCCN2CCCCC2)c2cc(-c3ccc4c(c3)OCO4)ccc2n1. The Morgan fingerprint density at radius 1 is 0.897 bits per heavy atom. The second-order valence-corrected chi connectivity index (χ2v) is 7.70. The van der Waals surface area contributed by atoms with Crippen LogP contribution in [0, 0.1) is 0 Å². The number of nitrogens with one attached hydrogen (secondary N) is 1. The number of likely N-dealkylation sites (tertiary alicyclic amines) is 1. The zero-order valence-corrected chi connectivity index (χ0v) is 16.6. The van der Waals surface area contributed by atoms with Crippen LogP contribution in [0.4, 0.5) is 5.82 Å². The summed E-state index contributed by atoms with van der Waals surface area (Å²) >= 11 is 0. The van der Waals surface area contributed by atoms with Gasteiger partial charge < -0.3 is 19.7 Å². The molecule has 0 aliphatic carbocycles. The van der Waals surface area contributed by atoms with Crippen molar-refractivity contribution >= 4 is 16.7 Å². The van der Waals surface area contributed by atoms with Gasteiger partial charge in [0, 0.05) is 11.9 Å². The highest BCUT2D eigenvalue weighted by Crippen LogP contribution is 2.36. The van der Waals surface area contributed by atoms with Crippen molar-refractivity contribution in [3.63, 3.8) is 0 Å². The van der Waals surface area contributed by atoms with E-state index in [0.717, 1.165) is 58.9 Å². The number of hydrogen-bond donors (Lipinski definition) is 1. The molecule has 0 unspecified atom stereocenters. The van der Waals surface area contributed by atoms with E-state index in [4.69, 9.17) is 9.47 Å². The summed E-state index contributed by atoms with van der Waals surface area (Å²) in [5.74, 6) is 2.49. The van der Waals surface area contributed by atoms with Gasteiger partial charge in [-0.15, -0.1) is 0 Å². The van der Waals surface area contributed by atoms with Crippen molar-refractivity contribution < 1.29 is 9.47 Å². The Bertz CT molecular complexity index is 1000. The number of ether oxygens (including phenoxy) is 2. The van der Waals surface area contributed by atoms with Crippen molar-refractivity contribution in [3.05, 3.63) is 42.7 Å². The summed E-state index contributed by atoms with van der Waals surface area (Å²) in [6.45, 7) is 4.84. The predicted octanol–water partition coefficient (Wildman–Crippen LogP) is 4.31. The molecule has 0 radical (unpaired) electrons. The molecule has 3 heterocycles. The van der Waals surface area contributed by atoms with Gasteiger partial charge >= 0.3 is 0 Å². The monoisotopic (exact) mass is 390 g/mol. The molecule has 2 aromatic carbocycles. The van der Waals surface area contributed by atoms with Crippen LogP contribution in [0.5, 0.6) is 11.5 Å². The standard InChI is InChI=1S/C23H26N4O2/c1-2-10-27(11-3-1)12-4-9-24-23-19-13-17(5-7-20(19)25-15-26-23)18-6-8-21-22(14-18)29-16-28-21/h5-8,13-15H,1-4,9-12,16H2,(H,24,25,26). The molecule has 150 valence electrons. The molecular formula is C23H26N4O2. The molecule has 5 rings (SSSR count). The quantitative estimate of drug-likeness (QED) is 0.633. The lowest BCUT2D eigenvalue weighted by molar-refractivity contribution is 0.174. The van der Waals surface area contributed by atoms with Crippen LogP contribution in [0.1, 0.15) is 25.7 Å². The summed E-state index contributed by atoms with van der Waals surface area (Å²) in [7, 11) is 0. The lowest BCUT2D eigenvalue weighted by Crippen LogP contribution is -2.31. The van der Waals surface area contributed by atoms with E-state index < -0.39 is 0 Å². The van der Waals surface area contributed by atoms with Crippen LogP contribution in [0.2, 0.25) is 0 Å². The Hall–Kier alpha value is -2.86. The van der Waals surface area contributed by atoms with Crippen molar-refractivity contribution in [2.75, 3.05) is 38.3 Å². The van der Waals surface area contributed by atoms with Crippen LogP contribution >= 0.6 is 0 Å². The van der Waals surface area contributed by atoms with Gasteiger partial charge in [-0.2, -0.15) is 0 Å². The highest BCUT2D eigenvalue weighted by Gasteiger charge is 2.15. The minimum Gasteiger partial charge on any atom is -0.454 e. The molecule has 0 bridgehead atoms. The highest BCUT2D eigenvalue weighted by atomic mass is 16.7. The van der Waals surface area contributed by atoms with Gasteiger partial charge in [0.15, 0.2) is 11.5 Å². The third kappa shape index (κ3) is 3.98. The first-order valence-electron chi connectivity index (χ1n) is 10.5. The molecule has 1 fully saturated rings. The maximum absolute atomic E-state index is 5.52. The van der Waals surface area contributed by atoms with Crippen LogP contribution in [-0.4, -0.2) is 47.8 Å². The molecule has 0 saturated carbocycles. The van der Waals surface area contributed by atoms with E-state index in [1.54, 1.807) is 6.33 Å². The van der Waals surface area contributed by atoms with Gasteiger partial charge in [-0.25, -0.2) is 9.97 Å². The van der Waals surface area contributed by atoms with Gasteiger partial charge in [0.25, 0.3) is 0 Å². The number of hydrogen-bond acceptors (Lipinski definition) is 6. The van der Waals surface area contributed by atoms with E-state index in [0.29, 0.717) is 0 Å². The van der Waals surface area contributed by atoms with Crippen molar-refractivity contribution in [1.82, 2.24) is 14.9 Å². The molecule has 29 heavy (non-hydrogen) atoms. The summed E-state index contributed by atoms with van der Waals surface area (Å²) in [4.78, 5) is 11.5. The second-order valence-electron chi connectivity index (χ2n) is 7.70. The van der Waals surface area contributed by atoms with E-state index in [1.807, 2.05) is 12.1 Å². The van der Waals surface area contributed by atoms with E-state index in [-0.39, 0.29) is 6.79 Å². The first-order valence-corrected chi connectivity index (χ1v) is 10.5. The molecule has 6 heteroatoms. The fourth-order valence-electron chi connectivity index (χ4n) is 4.15. The summed E-state index contributed by atoms with van der Waals surface area (Å²) in [5, 5.41) is 4.57. The van der Waals surface area contributed by atoms with Crippen molar-refractivity contribution in [3.8, 4) is 22.6 Å². The van der Waals surface area contributed by atoms with Gasteiger partial charge in [-0.1, -0.05) is 18.6 Å². The number of nitrogens with zero attached hydrogens (tertiary/aromatic N) is 3. The van der Waals surface area contributed by atoms with Crippen LogP contribution in [-0.2, 0) is 0 Å². The normalized spacial score (nSPS) is 16.3. The number of aromatic nitrogens is 2. The average molecular weight is 390 g/mol. The Balaban J connectivity index is 1.32. The van der Waals surface area contributed by atoms with E-state index in [1.165, 1.54) is 32.4 Å². The van der Waals surface area contributed by atoms with Gasteiger partial charge in [-0.05, 0) is 74.3 Å². The molecule has 3 aromatic rings. The number of anilines is 1. The van der Waals surface area contributed by atoms with Crippen LogP contribution in [0.3, 0.4) is 0 Å². The Morgan fingerprint density at radius 3 is 2.66 bits per heavy atom. The third-order valence-corrected chi connectivity index (χ3v) is 5.73. The summed E-state index contributed by atoms with van der Waals surface area (Å²) in [6, 6.07) is 12.3. The van der Waals surface area contributed by atoms with Gasteiger partial charge in [0.05, 0.1) is 5.52 Å². The fourth-order valence-corrected chi connectivity index (χ4v) is 4.15. The number of piperidine rings is 1. The maximum atomic E-state index is 5.52. The number of fused-ring (bicyclic) bond motifs is 2. The van der Waals surface area contributed by atoms with Crippen LogP contribution in [0.25, 0.3) is 22.0 Å². The minimum absolute atomic E-state index is 0.288. The summed E-state index contributed by atoms with van der Waals surface area (Å²) in [5.41, 5.74) is 3.15. The number of benzene rings is 2. The van der Waals surface area contributed by atoms with Crippen molar-refractivity contribution in [2.24, 2.45) is 0 Å². The topological polar surface area (TPSA) is 59.5 Å². The summed E-state index contributed by atoms with van der Waals surface area (Å²) < 4.78 is 10.9. The molecular weight excluding hydrogens is 364 g/mol. The minimum atomic E-state index is 0.288. The molecule has 6 nitrogen and oxygen atoms in total. The molecule has 1 saturated heterocycles. The van der Waals surface area contributed by atoms with Gasteiger partial charge in [-0.3, -0.25) is 0 Å². The third-order valence-electron chi connectivity index (χ3n) is 5.73. The smallest absolute Gasteiger partial charge is 0.231 e. The molecule has 2 aliphatic rings. The second kappa shape index (κ2) is 8.25. The lowest BCUT2D eigenvalue weighted by Gasteiger charge is -2.26. The Morgan fingerprint density at radius 2 is 1.72 bits per heavy atom. The predicted molar refractivity (Wildman–Crippen MR) is 114 cm³/mol.